The summed E-state index contributed by atoms with van der Waals surface area (Å²) in [6.07, 6.45) is 0.949. The summed E-state index contributed by atoms with van der Waals surface area (Å²) in [4.78, 5) is 34.7. The van der Waals surface area contributed by atoms with Crippen LogP contribution < -0.4 is 16.4 Å². The molecule has 3 amide bonds. The third-order valence-corrected chi connectivity index (χ3v) is 9.11. The maximum atomic E-state index is 12.1. The van der Waals surface area contributed by atoms with Crippen molar-refractivity contribution in [2.24, 2.45) is 5.73 Å². The molecule has 0 aromatic heterocycles. The summed E-state index contributed by atoms with van der Waals surface area (Å²) in [6.45, 7) is 10.8. The van der Waals surface area contributed by atoms with Gasteiger partial charge in [0.1, 0.15) is 20.2 Å². The highest BCUT2D eigenvalue weighted by Crippen LogP contribution is 2.35. The summed E-state index contributed by atoms with van der Waals surface area (Å²) < 4.78 is 0. The number of primary amides is 1. The Kier molecular flexibility index (Phi) is 6.00. The van der Waals surface area contributed by atoms with E-state index >= 15 is 0 Å². The number of hydrogen-bond donors (Lipinski definition) is 3. The number of carbonyl (C=O) groups is 3. The zero-order chi connectivity index (χ0) is 17.8. The molecule has 0 bridgehead atoms. The van der Waals surface area contributed by atoms with E-state index in [0.717, 1.165) is 0 Å². The summed E-state index contributed by atoms with van der Waals surface area (Å²) in [5, 5.41) is 5.28. The first kappa shape index (κ1) is 19.2. The Bertz CT molecular complexity index is 555. The second kappa shape index (κ2) is 7.17. The van der Waals surface area contributed by atoms with Gasteiger partial charge in [0, 0.05) is 12.8 Å². The zero-order valence-electron chi connectivity index (χ0n) is 14.6. The van der Waals surface area contributed by atoms with Gasteiger partial charge in [0.15, 0.2) is 0 Å². The topological polar surface area (TPSA) is 101 Å². The molecule has 1 aliphatic rings. The lowest BCUT2D eigenvalue weighted by atomic mass is 10.1. The maximum Gasteiger partial charge on any atom is 0.243 e. The average molecular weight is 337 g/mol. The summed E-state index contributed by atoms with van der Waals surface area (Å²) in [5.74, 6) is 1.87. The second-order valence-corrected chi connectivity index (χ2v) is 12.5. The number of amides is 3. The van der Waals surface area contributed by atoms with Crippen LogP contribution in [0.4, 0.5) is 0 Å². The number of rotatable bonds is 4. The Morgan fingerprint density at radius 3 is 2.48 bits per heavy atom. The van der Waals surface area contributed by atoms with Gasteiger partial charge in [-0.05, 0) is 11.5 Å². The molecule has 1 rings (SSSR count). The Hall–Kier alpha value is -1.81. The molecule has 0 aromatic rings. The first-order valence-corrected chi connectivity index (χ1v) is 10.8. The molecule has 0 unspecified atom stereocenters. The predicted octanol–water partition coefficient (Wildman–Crippen LogP) is 0.676. The lowest BCUT2D eigenvalue weighted by Gasteiger charge is -2.31. The van der Waals surface area contributed by atoms with Crippen LogP contribution in [0.3, 0.4) is 0 Å². The van der Waals surface area contributed by atoms with Crippen LogP contribution in [-0.2, 0) is 14.4 Å². The SMILES string of the molecule is CC(C)(C)[Si](C)(C)C#CC[C@H](NC(=O)[C@H]1CCC(=O)N1)C(N)=O. The summed E-state index contributed by atoms with van der Waals surface area (Å²) in [7, 11) is -1.76. The van der Waals surface area contributed by atoms with E-state index in [4.69, 9.17) is 5.73 Å². The van der Waals surface area contributed by atoms with E-state index < -0.39 is 26.1 Å². The molecule has 0 aromatic carbocycles. The first-order chi connectivity index (χ1) is 10.4. The molecule has 23 heavy (non-hydrogen) atoms. The monoisotopic (exact) mass is 337 g/mol. The highest BCUT2D eigenvalue weighted by molar-refractivity contribution is 6.87. The molecule has 7 heteroatoms. The van der Waals surface area contributed by atoms with Gasteiger partial charge in [0.05, 0.1) is 0 Å². The Morgan fingerprint density at radius 2 is 2.04 bits per heavy atom. The molecule has 1 fully saturated rings. The van der Waals surface area contributed by atoms with Crippen molar-refractivity contribution in [3.8, 4) is 11.5 Å². The van der Waals surface area contributed by atoms with Crippen LogP contribution in [0, 0.1) is 11.5 Å². The normalized spacial score (nSPS) is 19.3. The van der Waals surface area contributed by atoms with Crippen molar-refractivity contribution in [1.82, 2.24) is 10.6 Å². The largest absolute Gasteiger partial charge is 0.368 e. The van der Waals surface area contributed by atoms with Crippen molar-refractivity contribution in [1.29, 1.82) is 0 Å². The van der Waals surface area contributed by atoms with E-state index in [1.807, 2.05) is 0 Å². The summed E-state index contributed by atoms with van der Waals surface area (Å²) in [6, 6.07) is -1.42. The highest BCUT2D eigenvalue weighted by atomic mass is 28.3. The van der Waals surface area contributed by atoms with Crippen LogP contribution in [-0.4, -0.2) is 37.9 Å². The average Bonchev–Trinajstić information content (AvgIpc) is 2.82. The molecule has 0 radical (unpaired) electrons. The minimum Gasteiger partial charge on any atom is -0.368 e. The van der Waals surface area contributed by atoms with Gasteiger partial charge in [-0.2, -0.15) is 0 Å². The summed E-state index contributed by atoms with van der Waals surface area (Å²) >= 11 is 0. The maximum absolute atomic E-state index is 12.1. The smallest absolute Gasteiger partial charge is 0.243 e. The quantitative estimate of drug-likeness (QED) is 0.519. The Morgan fingerprint density at radius 1 is 1.43 bits per heavy atom. The lowest BCUT2D eigenvalue weighted by Crippen LogP contribution is -2.50. The van der Waals surface area contributed by atoms with E-state index in [9.17, 15) is 14.4 Å². The number of carbonyl (C=O) groups excluding carboxylic acids is 3. The van der Waals surface area contributed by atoms with Crippen LogP contribution in [0.15, 0.2) is 0 Å². The van der Waals surface area contributed by atoms with Crippen LogP contribution in [0.5, 0.6) is 0 Å². The van der Waals surface area contributed by atoms with Gasteiger partial charge in [0.2, 0.25) is 17.7 Å². The van der Waals surface area contributed by atoms with Gasteiger partial charge in [-0.1, -0.05) is 33.9 Å². The molecule has 1 heterocycles. The zero-order valence-corrected chi connectivity index (χ0v) is 15.6. The molecule has 4 N–H and O–H groups in total. The molecule has 1 aliphatic heterocycles. The van der Waals surface area contributed by atoms with E-state index in [2.05, 4.69) is 56.0 Å². The molecule has 1 saturated heterocycles. The third-order valence-electron chi connectivity index (χ3n) is 4.55. The van der Waals surface area contributed by atoms with Crippen molar-refractivity contribution in [3.05, 3.63) is 0 Å². The minimum atomic E-state index is -1.76. The van der Waals surface area contributed by atoms with E-state index in [1.54, 1.807) is 0 Å². The van der Waals surface area contributed by atoms with Crippen molar-refractivity contribution >= 4 is 25.8 Å². The minimum absolute atomic E-state index is 0.125. The highest BCUT2D eigenvalue weighted by Gasteiger charge is 2.34. The Labute approximate surface area is 139 Å². The number of hydrogen-bond acceptors (Lipinski definition) is 3. The van der Waals surface area contributed by atoms with Crippen molar-refractivity contribution in [3.63, 3.8) is 0 Å². The first-order valence-electron chi connectivity index (χ1n) is 7.83. The predicted molar refractivity (Wildman–Crippen MR) is 91.9 cm³/mol. The van der Waals surface area contributed by atoms with Crippen LogP contribution in [0.1, 0.15) is 40.0 Å². The number of nitrogens with two attached hydrogens (primary N) is 1. The molecular formula is C16H27N3O3Si. The van der Waals surface area contributed by atoms with Crippen LogP contribution >= 0.6 is 0 Å². The molecule has 128 valence electrons. The van der Waals surface area contributed by atoms with Gasteiger partial charge in [-0.3, -0.25) is 14.4 Å². The third kappa shape index (κ3) is 5.39. The Balaban J connectivity index is 2.69. The van der Waals surface area contributed by atoms with Crippen molar-refractivity contribution in [2.45, 2.75) is 70.2 Å². The molecule has 6 nitrogen and oxygen atoms in total. The van der Waals surface area contributed by atoms with Gasteiger partial charge < -0.3 is 16.4 Å². The molecule has 0 spiro atoms. The fourth-order valence-electron chi connectivity index (χ4n) is 1.87. The van der Waals surface area contributed by atoms with E-state index in [1.165, 1.54) is 0 Å². The van der Waals surface area contributed by atoms with E-state index in [0.29, 0.717) is 12.8 Å². The van der Waals surface area contributed by atoms with Crippen molar-refractivity contribution < 1.29 is 14.4 Å². The van der Waals surface area contributed by atoms with Crippen LogP contribution in [0.25, 0.3) is 0 Å². The van der Waals surface area contributed by atoms with Gasteiger partial charge in [-0.15, -0.1) is 11.5 Å². The molecule has 0 aliphatic carbocycles. The van der Waals surface area contributed by atoms with Crippen molar-refractivity contribution in [2.75, 3.05) is 0 Å². The van der Waals surface area contributed by atoms with E-state index in [-0.39, 0.29) is 23.3 Å². The van der Waals surface area contributed by atoms with Crippen LogP contribution in [0.2, 0.25) is 18.1 Å². The lowest BCUT2D eigenvalue weighted by molar-refractivity contribution is -0.129. The second-order valence-electron chi connectivity index (χ2n) is 7.50. The number of nitrogens with one attached hydrogen (secondary N) is 2. The fraction of sp³-hybridized carbons (Fsp3) is 0.688. The molecular weight excluding hydrogens is 310 g/mol. The standard InChI is InChI=1S/C16H27N3O3Si/c1-16(2,3)23(4,5)10-6-7-11(14(17)21)19-15(22)12-8-9-13(20)18-12/h11-12H,7-9H2,1-5H3,(H2,17,21)(H,18,20)(H,19,22)/t11-,12+/m0/s1. The summed E-state index contributed by atoms with van der Waals surface area (Å²) in [5.41, 5.74) is 8.64. The molecule has 2 atom stereocenters. The molecule has 0 saturated carbocycles. The van der Waals surface area contributed by atoms with Gasteiger partial charge in [0.25, 0.3) is 0 Å². The fourth-order valence-corrected chi connectivity index (χ4v) is 2.79. The van der Waals surface area contributed by atoms with Gasteiger partial charge in [-0.25, -0.2) is 0 Å². The van der Waals surface area contributed by atoms with Gasteiger partial charge >= 0.3 is 0 Å².